The molecule has 92 valence electrons. The lowest BCUT2D eigenvalue weighted by Crippen LogP contribution is -2.04. The van der Waals surface area contributed by atoms with Gasteiger partial charge in [0.05, 0.1) is 0 Å². The highest BCUT2D eigenvalue weighted by Gasteiger charge is 2.05. The summed E-state index contributed by atoms with van der Waals surface area (Å²) in [5.41, 5.74) is 9.24. The van der Waals surface area contributed by atoms with Gasteiger partial charge in [-0.1, -0.05) is 0 Å². The maximum Gasteiger partial charge on any atom is 0.295 e. The van der Waals surface area contributed by atoms with Crippen molar-refractivity contribution in [2.45, 2.75) is 6.42 Å². The first-order valence-corrected chi connectivity index (χ1v) is 6.66. The number of anilines is 2. The normalized spacial score (nSPS) is 10.9. The number of nitrogens with two attached hydrogens (primary N) is 1. The van der Waals surface area contributed by atoms with Crippen molar-refractivity contribution in [3.8, 4) is 0 Å². The second-order valence-electron chi connectivity index (χ2n) is 4.05. The van der Waals surface area contributed by atoms with Crippen LogP contribution in [0.3, 0.4) is 0 Å². The molecule has 0 bridgehead atoms. The van der Waals surface area contributed by atoms with E-state index in [9.17, 15) is 0 Å². The molecule has 0 spiro atoms. The van der Waals surface area contributed by atoms with Crippen molar-refractivity contribution in [2.75, 3.05) is 17.6 Å². The number of nitrogens with zero attached hydrogens (tertiary/aromatic N) is 1. The summed E-state index contributed by atoms with van der Waals surface area (Å²) in [5, 5.41) is 7.41. The van der Waals surface area contributed by atoms with E-state index < -0.39 is 0 Å². The van der Waals surface area contributed by atoms with Gasteiger partial charge in [-0.15, -0.1) is 0 Å². The minimum atomic E-state index is 0.547. The average molecular weight is 259 g/mol. The van der Waals surface area contributed by atoms with Crippen LogP contribution in [0.4, 0.5) is 11.7 Å². The van der Waals surface area contributed by atoms with Gasteiger partial charge < -0.3 is 15.5 Å². The topological polar surface area (TPSA) is 64.1 Å². The molecule has 0 aliphatic heterocycles. The van der Waals surface area contributed by atoms with Crippen molar-refractivity contribution in [1.82, 2.24) is 4.98 Å². The number of thiophene rings is 1. The van der Waals surface area contributed by atoms with Gasteiger partial charge in [-0.3, -0.25) is 0 Å². The van der Waals surface area contributed by atoms with Crippen LogP contribution in [0, 0.1) is 0 Å². The number of benzene rings is 1. The van der Waals surface area contributed by atoms with Gasteiger partial charge in [0.25, 0.3) is 6.01 Å². The summed E-state index contributed by atoms with van der Waals surface area (Å²) >= 11 is 1.71. The van der Waals surface area contributed by atoms with E-state index in [2.05, 4.69) is 27.1 Å². The molecular weight excluding hydrogens is 246 g/mol. The molecule has 0 aliphatic rings. The monoisotopic (exact) mass is 259 g/mol. The van der Waals surface area contributed by atoms with E-state index in [1.807, 2.05) is 12.1 Å². The summed E-state index contributed by atoms with van der Waals surface area (Å²) in [6.45, 7) is 0.805. The molecule has 3 aromatic rings. The Morgan fingerprint density at radius 2 is 2.28 bits per heavy atom. The van der Waals surface area contributed by atoms with E-state index in [-0.39, 0.29) is 0 Å². The first kappa shape index (κ1) is 11.1. The van der Waals surface area contributed by atoms with E-state index in [0.29, 0.717) is 17.3 Å². The number of hydrogen-bond acceptors (Lipinski definition) is 5. The van der Waals surface area contributed by atoms with Gasteiger partial charge in [-0.05, 0) is 40.9 Å². The number of oxazole rings is 1. The molecular formula is C13H13N3OS. The Morgan fingerprint density at radius 3 is 3.11 bits per heavy atom. The lowest BCUT2D eigenvalue weighted by molar-refractivity contribution is 0.614. The number of aromatic nitrogens is 1. The summed E-state index contributed by atoms with van der Waals surface area (Å²) in [4.78, 5) is 4.34. The number of rotatable bonds is 4. The van der Waals surface area contributed by atoms with Crippen LogP contribution in [0.1, 0.15) is 5.56 Å². The van der Waals surface area contributed by atoms with Crippen LogP contribution in [0.5, 0.6) is 0 Å². The molecule has 0 atom stereocenters. The van der Waals surface area contributed by atoms with Crippen molar-refractivity contribution >= 4 is 34.1 Å². The zero-order chi connectivity index (χ0) is 12.4. The first-order valence-electron chi connectivity index (χ1n) is 5.72. The molecule has 2 aromatic heterocycles. The summed E-state index contributed by atoms with van der Waals surface area (Å²) < 4.78 is 5.57. The van der Waals surface area contributed by atoms with Gasteiger partial charge in [0.2, 0.25) is 0 Å². The van der Waals surface area contributed by atoms with Gasteiger partial charge in [-0.2, -0.15) is 16.3 Å². The Kier molecular flexibility index (Phi) is 2.90. The SMILES string of the molecule is Nc1ccc2nc(NCCc3ccsc3)oc2c1. The van der Waals surface area contributed by atoms with Crippen molar-refractivity contribution in [2.24, 2.45) is 0 Å². The summed E-state index contributed by atoms with van der Waals surface area (Å²) in [5.74, 6) is 0. The predicted octanol–water partition coefficient (Wildman–Crippen LogP) is 3.13. The molecule has 0 radical (unpaired) electrons. The van der Waals surface area contributed by atoms with Crippen molar-refractivity contribution in [3.63, 3.8) is 0 Å². The van der Waals surface area contributed by atoms with Crippen LogP contribution in [0.15, 0.2) is 39.4 Å². The molecule has 18 heavy (non-hydrogen) atoms. The zero-order valence-electron chi connectivity index (χ0n) is 9.72. The Hall–Kier alpha value is -2.01. The Labute approximate surface area is 108 Å². The molecule has 5 heteroatoms. The first-order chi connectivity index (χ1) is 8.81. The predicted molar refractivity (Wildman–Crippen MR) is 74.9 cm³/mol. The van der Waals surface area contributed by atoms with E-state index in [1.165, 1.54) is 5.56 Å². The van der Waals surface area contributed by atoms with Gasteiger partial charge in [-0.25, -0.2) is 0 Å². The molecule has 2 heterocycles. The number of nitrogen functional groups attached to an aromatic ring is 1. The highest BCUT2D eigenvalue weighted by molar-refractivity contribution is 7.07. The quantitative estimate of drug-likeness (QED) is 0.706. The Balaban J connectivity index is 1.67. The molecule has 0 aliphatic carbocycles. The lowest BCUT2D eigenvalue weighted by Gasteiger charge is -1.98. The molecule has 4 nitrogen and oxygen atoms in total. The molecule has 0 amide bonds. The fourth-order valence-electron chi connectivity index (χ4n) is 1.77. The fourth-order valence-corrected chi connectivity index (χ4v) is 2.47. The van der Waals surface area contributed by atoms with Crippen molar-refractivity contribution in [1.29, 1.82) is 0 Å². The molecule has 3 N–H and O–H groups in total. The van der Waals surface area contributed by atoms with Crippen molar-refractivity contribution < 1.29 is 4.42 Å². The van der Waals surface area contributed by atoms with E-state index in [4.69, 9.17) is 10.2 Å². The third-order valence-corrected chi connectivity index (χ3v) is 3.41. The van der Waals surface area contributed by atoms with E-state index in [0.717, 1.165) is 18.5 Å². The highest BCUT2D eigenvalue weighted by atomic mass is 32.1. The maximum atomic E-state index is 5.69. The zero-order valence-corrected chi connectivity index (χ0v) is 10.5. The van der Waals surface area contributed by atoms with Crippen LogP contribution < -0.4 is 11.1 Å². The third kappa shape index (κ3) is 2.31. The minimum Gasteiger partial charge on any atom is -0.423 e. The average Bonchev–Trinajstić information content (AvgIpc) is 2.97. The van der Waals surface area contributed by atoms with E-state index >= 15 is 0 Å². The van der Waals surface area contributed by atoms with Gasteiger partial charge in [0.1, 0.15) is 5.52 Å². The Bertz CT molecular complexity index is 645. The standard InChI is InChI=1S/C13H13N3OS/c14-10-1-2-11-12(7-10)17-13(16-11)15-5-3-9-4-6-18-8-9/h1-2,4,6-8H,3,5,14H2,(H,15,16). The second kappa shape index (κ2) is 4.70. The third-order valence-electron chi connectivity index (χ3n) is 2.68. The number of fused-ring (bicyclic) bond motifs is 1. The van der Waals surface area contributed by atoms with Gasteiger partial charge in [0.15, 0.2) is 5.58 Å². The van der Waals surface area contributed by atoms with Gasteiger partial charge in [0, 0.05) is 18.3 Å². The summed E-state index contributed by atoms with van der Waals surface area (Å²) in [7, 11) is 0. The van der Waals surface area contributed by atoms with Gasteiger partial charge >= 0.3 is 0 Å². The lowest BCUT2D eigenvalue weighted by atomic mass is 10.2. The minimum absolute atomic E-state index is 0.547. The molecule has 0 saturated heterocycles. The van der Waals surface area contributed by atoms with Crippen molar-refractivity contribution in [3.05, 3.63) is 40.6 Å². The van der Waals surface area contributed by atoms with Crippen LogP contribution in [-0.4, -0.2) is 11.5 Å². The molecule has 0 saturated carbocycles. The molecule has 1 aromatic carbocycles. The summed E-state index contributed by atoms with van der Waals surface area (Å²) in [6.07, 6.45) is 0.963. The fraction of sp³-hybridized carbons (Fsp3) is 0.154. The highest BCUT2D eigenvalue weighted by Crippen LogP contribution is 2.21. The largest absolute Gasteiger partial charge is 0.423 e. The smallest absolute Gasteiger partial charge is 0.295 e. The van der Waals surface area contributed by atoms with Crippen LogP contribution in [0.25, 0.3) is 11.1 Å². The van der Waals surface area contributed by atoms with Crippen LogP contribution >= 0.6 is 11.3 Å². The number of nitrogens with one attached hydrogen (secondary N) is 1. The molecule has 3 rings (SSSR count). The van der Waals surface area contributed by atoms with Crippen LogP contribution in [-0.2, 0) is 6.42 Å². The maximum absolute atomic E-state index is 5.69. The molecule has 0 fully saturated rings. The molecule has 0 unspecified atom stereocenters. The van der Waals surface area contributed by atoms with E-state index in [1.54, 1.807) is 17.4 Å². The van der Waals surface area contributed by atoms with Crippen LogP contribution in [0.2, 0.25) is 0 Å². The second-order valence-corrected chi connectivity index (χ2v) is 4.83. The number of hydrogen-bond donors (Lipinski definition) is 2. The summed E-state index contributed by atoms with van der Waals surface area (Å²) in [6, 6.07) is 8.13. The Morgan fingerprint density at radius 1 is 1.33 bits per heavy atom.